The highest BCUT2D eigenvalue weighted by Gasteiger charge is 2.45. The van der Waals surface area contributed by atoms with Crippen LogP contribution in [0.3, 0.4) is 0 Å². The summed E-state index contributed by atoms with van der Waals surface area (Å²) in [5.41, 5.74) is -0.189. The van der Waals surface area contributed by atoms with E-state index in [1.165, 1.54) is 0 Å². The summed E-state index contributed by atoms with van der Waals surface area (Å²) in [7, 11) is 8.72. The van der Waals surface area contributed by atoms with Crippen LogP contribution in [0.25, 0.3) is 0 Å². The Morgan fingerprint density at radius 2 is 1.81 bits per heavy atom. The Bertz CT molecular complexity index is 640. The molecule has 0 saturated carbocycles. The van der Waals surface area contributed by atoms with Crippen LogP contribution in [0.1, 0.15) is 26.7 Å². The molecule has 0 aromatic rings. The van der Waals surface area contributed by atoms with Gasteiger partial charge in [-0.2, -0.15) is 0 Å². The van der Waals surface area contributed by atoms with E-state index in [0.29, 0.717) is 65.3 Å². The first kappa shape index (κ1) is 25.2. The summed E-state index contributed by atoms with van der Waals surface area (Å²) in [4.78, 5) is 13.5. The number of nitrogens with one attached hydrogen (secondary N) is 1. The van der Waals surface area contributed by atoms with Gasteiger partial charge in [0.25, 0.3) is 7.52 Å². The van der Waals surface area contributed by atoms with Crippen molar-refractivity contribution >= 4 is 29.1 Å². The van der Waals surface area contributed by atoms with E-state index in [4.69, 9.17) is 34.4 Å². The molecule has 3 saturated heterocycles. The van der Waals surface area contributed by atoms with Gasteiger partial charge in [-0.1, -0.05) is 0 Å². The first-order chi connectivity index (χ1) is 14.8. The Labute approximate surface area is 188 Å². The zero-order valence-electron chi connectivity index (χ0n) is 18.6. The fourth-order valence-electron chi connectivity index (χ4n) is 4.36. The SMILES string of the molecule is [B]C1CNCC(COP(=O)(C2CCN(C(C)=O)CC2)N2CC([B])OC(COCC)C2)O1. The molecule has 0 aromatic carbocycles. The number of ether oxygens (including phenoxy) is 3. The Kier molecular flexibility index (Phi) is 9.47. The smallest absolute Gasteiger partial charge is 0.275 e. The first-order valence-electron chi connectivity index (χ1n) is 11.2. The quantitative estimate of drug-likeness (QED) is 0.404. The molecule has 5 unspecified atom stereocenters. The van der Waals surface area contributed by atoms with Crippen molar-refractivity contribution in [3.8, 4) is 0 Å². The number of piperidine rings is 1. The maximum Gasteiger partial charge on any atom is 0.275 e. The van der Waals surface area contributed by atoms with Gasteiger partial charge in [-0.05, 0) is 19.8 Å². The first-order valence-corrected chi connectivity index (χ1v) is 12.8. The van der Waals surface area contributed by atoms with Crippen molar-refractivity contribution in [2.45, 2.75) is 56.6 Å². The molecule has 1 N–H and O–H groups in total. The highest BCUT2D eigenvalue weighted by atomic mass is 31.2. The van der Waals surface area contributed by atoms with Crippen molar-refractivity contribution < 1.29 is 28.1 Å². The van der Waals surface area contributed by atoms with Crippen molar-refractivity contribution in [2.24, 2.45) is 0 Å². The molecular formula is C19H34B2N3O6P. The maximum absolute atomic E-state index is 14.4. The van der Waals surface area contributed by atoms with Crippen LogP contribution in [-0.4, -0.2) is 120 Å². The maximum atomic E-state index is 14.4. The van der Waals surface area contributed by atoms with Crippen LogP contribution in [0.4, 0.5) is 0 Å². The molecule has 12 heteroatoms. The molecule has 3 aliphatic heterocycles. The van der Waals surface area contributed by atoms with Crippen molar-refractivity contribution in [1.29, 1.82) is 0 Å². The molecule has 172 valence electrons. The zero-order valence-corrected chi connectivity index (χ0v) is 19.5. The fraction of sp³-hybridized carbons (Fsp3) is 0.947. The van der Waals surface area contributed by atoms with E-state index in [-0.39, 0.29) is 30.4 Å². The third-order valence-corrected chi connectivity index (χ3v) is 9.05. The van der Waals surface area contributed by atoms with Gasteiger partial charge in [0.15, 0.2) is 0 Å². The number of likely N-dealkylation sites (tertiary alicyclic amines) is 1. The predicted octanol–water partition coefficient (Wildman–Crippen LogP) is -0.0781. The topological polar surface area (TPSA) is 89.6 Å². The van der Waals surface area contributed by atoms with E-state index < -0.39 is 19.5 Å². The fourth-order valence-corrected chi connectivity index (χ4v) is 7.26. The molecule has 4 radical (unpaired) electrons. The van der Waals surface area contributed by atoms with Gasteiger partial charge >= 0.3 is 0 Å². The lowest BCUT2D eigenvalue weighted by Crippen LogP contribution is -2.51. The zero-order chi connectivity index (χ0) is 22.4. The van der Waals surface area contributed by atoms with Crippen LogP contribution >= 0.6 is 7.52 Å². The Balaban J connectivity index is 1.73. The predicted molar refractivity (Wildman–Crippen MR) is 119 cm³/mol. The molecule has 0 bridgehead atoms. The lowest BCUT2D eigenvalue weighted by Gasteiger charge is -2.45. The average molecular weight is 453 g/mol. The molecule has 3 fully saturated rings. The number of hydrogen-bond acceptors (Lipinski definition) is 7. The third kappa shape index (κ3) is 6.79. The third-order valence-electron chi connectivity index (χ3n) is 5.98. The minimum absolute atomic E-state index is 0.0371. The number of hydrogen-bond donors (Lipinski definition) is 1. The van der Waals surface area contributed by atoms with E-state index in [2.05, 4.69) is 5.32 Å². The number of nitrogens with zero attached hydrogens (tertiary/aromatic N) is 2. The molecule has 0 spiro atoms. The van der Waals surface area contributed by atoms with Crippen LogP contribution in [0.2, 0.25) is 0 Å². The second-order valence-electron chi connectivity index (χ2n) is 8.38. The van der Waals surface area contributed by atoms with Gasteiger partial charge in [-0.3, -0.25) is 9.36 Å². The second-order valence-corrected chi connectivity index (χ2v) is 11.1. The summed E-state index contributed by atoms with van der Waals surface area (Å²) >= 11 is 0. The molecule has 3 heterocycles. The van der Waals surface area contributed by atoms with Crippen LogP contribution in [0.15, 0.2) is 0 Å². The number of rotatable bonds is 8. The highest BCUT2D eigenvalue weighted by molar-refractivity contribution is 7.57. The lowest BCUT2D eigenvalue weighted by atomic mass is 9.98. The Hall–Kier alpha value is -0.410. The number of amides is 1. The van der Waals surface area contributed by atoms with Crippen LogP contribution < -0.4 is 5.32 Å². The minimum atomic E-state index is -3.29. The van der Waals surface area contributed by atoms with Gasteiger partial charge in [0.2, 0.25) is 5.91 Å². The van der Waals surface area contributed by atoms with E-state index in [1.54, 1.807) is 11.8 Å². The van der Waals surface area contributed by atoms with Crippen molar-refractivity contribution in [3.63, 3.8) is 0 Å². The molecule has 0 aliphatic carbocycles. The summed E-state index contributed by atoms with van der Waals surface area (Å²) in [6.07, 6.45) is 0.674. The average Bonchev–Trinajstić information content (AvgIpc) is 2.76. The molecule has 0 aromatic heterocycles. The second kappa shape index (κ2) is 11.6. The van der Waals surface area contributed by atoms with Gasteiger partial charge < -0.3 is 29.0 Å². The monoisotopic (exact) mass is 453 g/mol. The van der Waals surface area contributed by atoms with Gasteiger partial charge in [0, 0.05) is 64.8 Å². The summed E-state index contributed by atoms with van der Waals surface area (Å²) < 4.78 is 39.5. The van der Waals surface area contributed by atoms with Crippen molar-refractivity contribution in [2.75, 3.05) is 59.1 Å². The van der Waals surface area contributed by atoms with Crippen LogP contribution in [0.5, 0.6) is 0 Å². The summed E-state index contributed by atoms with van der Waals surface area (Å²) in [5, 5.41) is 3.20. The van der Waals surface area contributed by atoms with E-state index in [9.17, 15) is 9.36 Å². The molecule has 3 aliphatic rings. The van der Waals surface area contributed by atoms with Gasteiger partial charge in [0.1, 0.15) is 15.7 Å². The largest absolute Gasteiger partial charge is 0.380 e. The van der Waals surface area contributed by atoms with E-state index in [1.807, 2.05) is 11.6 Å². The molecule has 5 atom stereocenters. The van der Waals surface area contributed by atoms with Gasteiger partial charge in [-0.15, -0.1) is 0 Å². The Morgan fingerprint density at radius 1 is 1.10 bits per heavy atom. The molecule has 1 amide bonds. The molecule has 31 heavy (non-hydrogen) atoms. The number of carbonyl (C=O) groups is 1. The molecule has 9 nitrogen and oxygen atoms in total. The van der Waals surface area contributed by atoms with Gasteiger partial charge in [-0.25, -0.2) is 4.67 Å². The number of morpholine rings is 2. The lowest BCUT2D eigenvalue weighted by molar-refractivity contribution is -0.129. The minimum Gasteiger partial charge on any atom is -0.380 e. The van der Waals surface area contributed by atoms with E-state index in [0.717, 1.165) is 0 Å². The highest BCUT2D eigenvalue weighted by Crippen LogP contribution is 2.59. The van der Waals surface area contributed by atoms with Crippen molar-refractivity contribution in [3.05, 3.63) is 0 Å². The summed E-state index contributed by atoms with van der Waals surface area (Å²) in [5.74, 6) is 0.0371. The summed E-state index contributed by atoms with van der Waals surface area (Å²) in [6, 6.07) is -0.984. The normalized spacial score (nSPS) is 33.2. The Morgan fingerprint density at radius 3 is 2.45 bits per heavy atom. The number of carbonyl (C=O) groups excluding carboxylic acids is 1. The summed E-state index contributed by atoms with van der Waals surface area (Å²) in [6.45, 7) is 7.64. The standard InChI is InChI=1S/C19H34B2N3O6P/c1-3-27-12-16-10-24(11-19(21)30-16)31(26,17-4-6-23(7-5-17)14(2)25)28-13-15-8-22-9-18(20)29-15/h15-19,22H,3-13H2,1-2H3. The van der Waals surface area contributed by atoms with Gasteiger partial charge in [0.05, 0.1) is 31.1 Å². The van der Waals surface area contributed by atoms with Crippen LogP contribution in [-0.2, 0) is 28.1 Å². The van der Waals surface area contributed by atoms with Crippen LogP contribution in [0, 0.1) is 0 Å². The molecular weight excluding hydrogens is 419 g/mol. The van der Waals surface area contributed by atoms with E-state index >= 15 is 0 Å². The molecule has 3 rings (SSSR count). The van der Waals surface area contributed by atoms with Crippen molar-refractivity contribution in [1.82, 2.24) is 14.9 Å².